The highest BCUT2D eigenvalue weighted by Gasteiger charge is 2.34. The molecule has 0 aromatic rings. The minimum absolute atomic E-state index is 0.0324. The Morgan fingerprint density at radius 3 is 2.17 bits per heavy atom. The number of carbonyl (C=O) groups excluding carboxylic acids is 3. The van der Waals surface area contributed by atoms with Crippen molar-refractivity contribution in [3.05, 3.63) is 0 Å². The molecule has 7 nitrogen and oxygen atoms in total. The Kier molecular flexibility index (Phi) is 4.05. The van der Waals surface area contributed by atoms with E-state index in [4.69, 9.17) is 5.11 Å². The van der Waals surface area contributed by atoms with Gasteiger partial charge in [0.2, 0.25) is 0 Å². The highest BCUT2D eigenvalue weighted by molar-refractivity contribution is 6.01. The van der Waals surface area contributed by atoms with Crippen LogP contribution in [0.1, 0.15) is 39.5 Å². The Labute approximate surface area is 104 Å². The second-order valence-corrected chi connectivity index (χ2v) is 4.96. The van der Waals surface area contributed by atoms with Gasteiger partial charge < -0.3 is 9.94 Å². The zero-order valence-electron chi connectivity index (χ0n) is 10.3. The topological polar surface area (TPSA) is 101 Å². The molecule has 0 aliphatic carbocycles. The molecule has 18 heavy (non-hydrogen) atoms. The van der Waals surface area contributed by atoms with Crippen LogP contribution >= 0.6 is 0 Å². The molecule has 0 radical (unpaired) electrons. The Morgan fingerprint density at radius 2 is 1.72 bits per heavy atom. The van der Waals surface area contributed by atoms with E-state index in [0.717, 1.165) is 0 Å². The van der Waals surface area contributed by atoms with Gasteiger partial charge in [-0.05, 0) is 5.41 Å². The first-order valence-corrected chi connectivity index (χ1v) is 5.50. The average Bonchev–Trinajstić information content (AvgIpc) is 2.46. The number of aliphatic carboxylic acids is 1. The third kappa shape index (κ3) is 3.83. The molecule has 1 aliphatic rings. The summed E-state index contributed by atoms with van der Waals surface area (Å²) in [7, 11) is 0. The number of carbonyl (C=O) groups is 4. The first-order valence-electron chi connectivity index (χ1n) is 5.50. The number of hydroxylamine groups is 2. The van der Waals surface area contributed by atoms with Crippen LogP contribution in [0.25, 0.3) is 0 Å². The lowest BCUT2D eigenvalue weighted by Gasteiger charge is -2.22. The number of hydrogen-bond acceptors (Lipinski definition) is 5. The van der Waals surface area contributed by atoms with Crippen molar-refractivity contribution in [2.75, 3.05) is 0 Å². The highest BCUT2D eigenvalue weighted by atomic mass is 16.7. The maximum absolute atomic E-state index is 11.5. The number of hydrogen-bond donors (Lipinski definition) is 1. The molecule has 1 heterocycles. The third-order valence-electron chi connectivity index (χ3n) is 2.45. The van der Waals surface area contributed by atoms with Crippen LogP contribution in [-0.2, 0) is 24.0 Å². The van der Waals surface area contributed by atoms with E-state index in [2.05, 4.69) is 4.84 Å². The van der Waals surface area contributed by atoms with Crippen molar-refractivity contribution in [1.29, 1.82) is 0 Å². The quantitative estimate of drug-likeness (QED) is 0.719. The smallest absolute Gasteiger partial charge is 0.333 e. The van der Waals surface area contributed by atoms with Gasteiger partial charge in [0.25, 0.3) is 11.8 Å². The van der Waals surface area contributed by atoms with Crippen molar-refractivity contribution in [3.63, 3.8) is 0 Å². The van der Waals surface area contributed by atoms with Gasteiger partial charge in [0.1, 0.15) is 0 Å². The van der Waals surface area contributed by atoms with E-state index in [1.165, 1.54) is 0 Å². The molecule has 0 atom stereocenters. The van der Waals surface area contributed by atoms with E-state index >= 15 is 0 Å². The summed E-state index contributed by atoms with van der Waals surface area (Å²) in [5.41, 5.74) is -0.797. The second-order valence-electron chi connectivity index (χ2n) is 4.96. The third-order valence-corrected chi connectivity index (χ3v) is 2.45. The van der Waals surface area contributed by atoms with Crippen LogP contribution in [0.5, 0.6) is 0 Å². The van der Waals surface area contributed by atoms with Crippen LogP contribution in [0.15, 0.2) is 0 Å². The van der Waals surface area contributed by atoms with Crippen LogP contribution < -0.4 is 0 Å². The van der Waals surface area contributed by atoms with Gasteiger partial charge in [-0.25, -0.2) is 4.79 Å². The Morgan fingerprint density at radius 1 is 1.22 bits per heavy atom. The summed E-state index contributed by atoms with van der Waals surface area (Å²) in [6.45, 7) is 3.19. The fraction of sp³-hybridized carbons (Fsp3) is 0.636. The van der Waals surface area contributed by atoms with Crippen LogP contribution in [0, 0.1) is 5.41 Å². The van der Waals surface area contributed by atoms with Gasteiger partial charge in [-0.1, -0.05) is 13.8 Å². The summed E-state index contributed by atoms with van der Waals surface area (Å²) < 4.78 is 0. The number of carboxylic acid groups (broad SMARTS) is 1. The average molecular weight is 257 g/mol. The van der Waals surface area contributed by atoms with E-state index in [0.29, 0.717) is 5.06 Å². The molecule has 1 rings (SSSR count). The molecule has 0 spiro atoms. The summed E-state index contributed by atoms with van der Waals surface area (Å²) in [5, 5.41) is 9.12. The first-order chi connectivity index (χ1) is 8.21. The predicted molar refractivity (Wildman–Crippen MR) is 57.8 cm³/mol. The van der Waals surface area contributed by atoms with Crippen molar-refractivity contribution in [1.82, 2.24) is 5.06 Å². The molecule has 1 fully saturated rings. The second kappa shape index (κ2) is 5.16. The minimum atomic E-state index is -1.03. The van der Waals surface area contributed by atoms with Gasteiger partial charge in [-0.15, -0.1) is 5.06 Å². The first kappa shape index (κ1) is 14.1. The minimum Gasteiger partial charge on any atom is -0.481 e. The Balaban J connectivity index is 2.53. The molecular weight excluding hydrogens is 242 g/mol. The molecular formula is C11H15NO6. The van der Waals surface area contributed by atoms with Crippen molar-refractivity contribution in [2.45, 2.75) is 39.5 Å². The summed E-state index contributed by atoms with van der Waals surface area (Å²) in [6, 6.07) is 0. The summed E-state index contributed by atoms with van der Waals surface area (Å²) in [4.78, 5) is 49.2. The molecule has 1 saturated heterocycles. The van der Waals surface area contributed by atoms with E-state index < -0.39 is 29.2 Å². The number of nitrogens with zero attached hydrogens (tertiary/aromatic N) is 1. The normalized spacial score (nSPS) is 16.0. The van der Waals surface area contributed by atoms with Gasteiger partial charge in [-0.3, -0.25) is 14.4 Å². The van der Waals surface area contributed by atoms with Crippen molar-refractivity contribution in [3.8, 4) is 0 Å². The standard InChI is InChI=1S/C11H15NO6/c1-11(2,5-9(15)16)6-10(17)18-12-7(13)3-4-8(12)14/h3-6H2,1-2H3,(H,15,16). The monoisotopic (exact) mass is 257 g/mol. The van der Waals surface area contributed by atoms with Crippen molar-refractivity contribution in [2.24, 2.45) is 5.41 Å². The lowest BCUT2D eigenvalue weighted by Crippen LogP contribution is -2.34. The molecule has 0 aromatic carbocycles. The number of carboxylic acids is 1. The highest BCUT2D eigenvalue weighted by Crippen LogP contribution is 2.26. The van der Waals surface area contributed by atoms with Crippen molar-refractivity contribution >= 4 is 23.8 Å². The van der Waals surface area contributed by atoms with Gasteiger partial charge in [0, 0.05) is 12.8 Å². The van der Waals surface area contributed by atoms with Crippen LogP contribution in [-0.4, -0.2) is 33.9 Å². The van der Waals surface area contributed by atoms with E-state index in [1.807, 2.05) is 0 Å². The molecule has 100 valence electrons. The van der Waals surface area contributed by atoms with Crippen LogP contribution in [0.3, 0.4) is 0 Å². The maximum Gasteiger partial charge on any atom is 0.333 e. The van der Waals surface area contributed by atoms with Gasteiger partial charge in [-0.2, -0.15) is 0 Å². The molecule has 0 saturated carbocycles. The zero-order chi connectivity index (χ0) is 13.9. The largest absolute Gasteiger partial charge is 0.481 e. The molecule has 7 heteroatoms. The lowest BCUT2D eigenvalue weighted by molar-refractivity contribution is -0.199. The summed E-state index contributed by atoms with van der Waals surface area (Å²) >= 11 is 0. The number of amides is 2. The number of imide groups is 1. The van der Waals surface area contributed by atoms with Gasteiger partial charge >= 0.3 is 11.9 Å². The van der Waals surface area contributed by atoms with Crippen molar-refractivity contribution < 1.29 is 29.1 Å². The maximum atomic E-state index is 11.5. The molecule has 0 bridgehead atoms. The fourth-order valence-electron chi connectivity index (χ4n) is 1.65. The predicted octanol–water partition coefficient (Wildman–Crippen LogP) is 0.485. The Hall–Kier alpha value is -1.92. The molecule has 0 aromatic heterocycles. The van der Waals surface area contributed by atoms with E-state index in [9.17, 15) is 19.2 Å². The molecule has 2 amide bonds. The number of rotatable bonds is 5. The van der Waals surface area contributed by atoms with Gasteiger partial charge in [0.05, 0.1) is 12.8 Å². The molecule has 0 unspecified atom stereocenters. The molecule has 1 N–H and O–H groups in total. The van der Waals surface area contributed by atoms with E-state index in [1.54, 1.807) is 13.8 Å². The summed E-state index contributed by atoms with van der Waals surface area (Å²) in [6.07, 6.45) is -0.324. The SMILES string of the molecule is CC(C)(CC(=O)O)CC(=O)ON1C(=O)CCC1=O. The van der Waals surface area contributed by atoms with E-state index in [-0.39, 0.29) is 25.7 Å². The Bertz CT molecular complexity index is 384. The molecule has 1 aliphatic heterocycles. The lowest BCUT2D eigenvalue weighted by atomic mass is 9.86. The van der Waals surface area contributed by atoms with Crippen LogP contribution in [0.4, 0.5) is 0 Å². The fourth-order valence-corrected chi connectivity index (χ4v) is 1.65. The summed E-state index contributed by atoms with van der Waals surface area (Å²) in [5.74, 6) is -2.92. The zero-order valence-corrected chi connectivity index (χ0v) is 10.3. The van der Waals surface area contributed by atoms with Gasteiger partial charge in [0.15, 0.2) is 0 Å². The van der Waals surface area contributed by atoms with Crippen LogP contribution in [0.2, 0.25) is 0 Å².